The van der Waals surface area contributed by atoms with Gasteiger partial charge in [-0.3, -0.25) is 14.3 Å². The molecule has 3 heterocycles. The van der Waals surface area contributed by atoms with Gasteiger partial charge in [0.2, 0.25) is 5.95 Å². The summed E-state index contributed by atoms with van der Waals surface area (Å²) in [5, 5.41) is 0.351. The van der Waals surface area contributed by atoms with E-state index >= 15 is 0 Å². The number of aromatic amines is 1. The number of H-pyrrole nitrogens is 1. The lowest BCUT2D eigenvalue weighted by Crippen LogP contribution is -2.32. The number of anilines is 1. The molecule has 5 rings (SSSR count). The lowest BCUT2D eigenvalue weighted by molar-refractivity contribution is 0.453. The van der Waals surface area contributed by atoms with Gasteiger partial charge < -0.3 is 10.6 Å². The maximum atomic E-state index is 14.2. The van der Waals surface area contributed by atoms with Crippen LogP contribution in [0.2, 0.25) is 0 Å². The molecule has 3 N–H and O–H groups in total. The van der Waals surface area contributed by atoms with Crippen LogP contribution in [0.25, 0.3) is 11.0 Å². The van der Waals surface area contributed by atoms with Gasteiger partial charge in [0, 0.05) is 30.7 Å². The maximum absolute atomic E-state index is 14.2. The van der Waals surface area contributed by atoms with E-state index in [1.807, 2.05) is 4.90 Å². The highest BCUT2D eigenvalue weighted by Gasteiger charge is 2.32. The lowest BCUT2D eigenvalue weighted by atomic mass is 9.93. The standard InChI is InChI=1S/C21H23FN6O2/c1-11-16-18(28(13-6-7-13)21(30)26-19(16)29)25-20(24-11)27-9-8-12(10-27)17(23)14-4-2-3-5-15(14)22/h2-5,12-13,17H,6-10,23H2,1H3,(H,26,29,30). The Morgan fingerprint density at radius 1 is 1.20 bits per heavy atom. The number of nitrogens with one attached hydrogen (secondary N) is 1. The quantitative estimate of drug-likeness (QED) is 0.679. The molecule has 2 unspecified atom stereocenters. The van der Waals surface area contributed by atoms with E-state index < -0.39 is 17.3 Å². The number of hydrogen-bond acceptors (Lipinski definition) is 6. The van der Waals surface area contributed by atoms with Crippen LogP contribution in [0, 0.1) is 18.7 Å². The SMILES string of the molecule is Cc1nc(N2CCC(C(N)c3ccccc3F)C2)nc2c1c(=O)[nH]c(=O)n2C1CC1. The number of rotatable bonds is 4. The van der Waals surface area contributed by atoms with Crippen molar-refractivity contribution in [3.8, 4) is 0 Å². The zero-order valence-electron chi connectivity index (χ0n) is 16.6. The monoisotopic (exact) mass is 410 g/mol. The van der Waals surface area contributed by atoms with Crippen LogP contribution in [0.3, 0.4) is 0 Å². The van der Waals surface area contributed by atoms with E-state index in [1.165, 1.54) is 6.07 Å². The van der Waals surface area contributed by atoms with Crippen LogP contribution < -0.4 is 21.9 Å². The van der Waals surface area contributed by atoms with Gasteiger partial charge in [-0.25, -0.2) is 14.2 Å². The molecule has 3 aromatic rings. The highest BCUT2D eigenvalue weighted by Crippen LogP contribution is 2.36. The Bertz CT molecular complexity index is 1250. The first kappa shape index (κ1) is 18.9. The maximum Gasteiger partial charge on any atom is 0.330 e. The number of benzene rings is 1. The van der Waals surface area contributed by atoms with Gasteiger partial charge in [-0.1, -0.05) is 18.2 Å². The highest BCUT2D eigenvalue weighted by molar-refractivity contribution is 5.78. The van der Waals surface area contributed by atoms with Crippen LogP contribution >= 0.6 is 0 Å². The molecule has 0 radical (unpaired) electrons. The predicted molar refractivity (Wildman–Crippen MR) is 111 cm³/mol. The molecule has 0 amide bonds. The fourth-order valence-electron chi connectivity index (χ4n) is 4.37. The number of aryl methyl sites for hydroxylation is 1. The number of halogens is 1. The molecular formula is C21H23FN6O2. The average molecular weight is 410 g/mol. The molecule has 1 saturated carbocycles. The minimum Gasteiger partial charge on any atom is -0.340 e. The predicted octanol–water partition coefficient (Wildman–Crippen LogP) is 1.79. The van der Waals surface area contributed by atoms with Crippen molar-refractivity contribution in [2.24, 2.45) is 11.7 Å². The van der Waals surface area contributed by atoms with Crippen molar-refractivity contribution < 1.29 is 4.39 Å². The van der Waals surface area contributed by atoms with Crippen molar-refractivity contribution in [1.82, 2.24) is 19.5 Å². The Morgan fingerprint density at radius 2 is 1.97 bits per heavy atom. The zero-order chi connectivity index (χ0) is 21.0. The van der Waals surface area contributed by atoms with Gasteiger partial charge in [0.1, 0.15) is 11.2 Å². The third-order valence-corrected chi connectivity index (χ3v) is 6.15. The third-order valence-electron chi connectivity index (χ3n) is 6.15. The minimum atomic E-state index is -0.461. The highest BCUT2D eigenvalue weighted by atomic mass is 19.1. The Labute approximate surface area is 171 Å². The van der Waals surface area contributed by atoms with E-state index in [4.69, 9.17) is 5.73 Å². The molecule has 30 heavy (non-hydrogen) atoms. The van der Waals surface area contributed by atoms with Crippen LogP contribution in [-0.4, -0.2) is 32.6 Å². The Hall–Kier alpha value is -3.07. The topological polar surface area (TPSA) is 110 Å². The van der Waals surface area contributed by atoms with Crippen LogP contribution in [0.1, 0.15) is 42.6 Å². The first-order valence-corrected chi connectivity index (χ1v) is 10.2. The molecule has 2 aromatic heterocycles. The smallest absolute Gasteiger partial charge is 0.330 e. The van der Waals surface area contributed by atoms with Gasteiger partial charge in [-0.05, 0) is 38.2 Å². The van der Waals surface area contributed by atoms with Crippen molar-refractivity contribution in [3.63, 3.8) is 0 Å². The molecule has 9 heteroatoms. The van der Waals surface area contributed by atoms with E-state index in [0.717, 1.165) is 19.3 Å². The van der Waals surface area contributed by atoms with Crippen molar-refractivity contribution >= 4 is 17.0 Å². The van der Waals surface area contributed by atoms with Gasteiger partial charge >= 0.3 is 5.69 Å². The Kier molecular flexibility index (Phi) is 4.43. The molecule has 0 spiro atoms. The van der Waals surface area contributed by atoms with Crippen LogP contribution in [0.4, 0.5) is 10.3 Å². The first-order chi connectivity index (χ1) is 14.4. The first-order valence-electron chi connectivity index (χ1n) is 10.2. The van der Waals surface area contributed by atoms with Crippen molar-refractivity contribution in [2.45, 2.75) is 38.3 Å². The van der Waals surface area contributed by atoms with Crippen LogP contribution in [0.15, 0.2) is 33.9 Å². The summed E-state index contributed by atoms with van der Waals surface area (Å²) >= 11 is 0. The summed E-state index contributed by atoms with van der Waals surface area (Å²) in [6, 6.07) is 6.23. The van der Waals surface area contributed by atoms with Crippen molar-refractivity contribution in [2.75, 3.05) is 18.0 Å². The van der Waals surface area contributed by atoms with E-state index in [0.29, 0.717) is 41.3 Å². The molecule has 2 fully saturated rings. The molecule has 1 aromatic carbocycles. The molecule has 156 valence electrons. The van der Waals surface area contributed by atoms with Gasteiger partial charge in [0.25, 0.3) is 5.56 Å². The summed E-state index contributed by atoms with van der Waals surface area (Å²) in [5.41, 5.74) is 6.91. The fourth-order valence-corrected chi connectivity index (χ4v) is 4.37. The summed E-state index contributed by atoms with van der Waals surface area (Å²) < 4.78 is 15.7. The second-order valence-corrected chi connectivity index (χ2v) is 8.21. The van der Waals surface area contributed by atoms with Crippen molar-refractivity contribution in [3.05, 3.63) is 62.2 Å². The zero-order valence-corrected chi connectivity index (χ0v) is 16.6. The van der Waals surface area contributed by atoms with Crippen molar-refractivity contribution in [1.29, 1.82) is 0 Å². The Morgan fingerprint density at radius 3 is 2.70 bits per heavy atom. The third kappa shape index (κ3) is 3.09. The average Bonchev–Trinajstić information content (AvgIpc) is 3.41. The number of fused-ring (bicyclic) bond motifs is 1. The normalized spacial score (nSPS) is 20.1. The fraction of sp³-hybridized carbons (Fsp3) is 0.429. The van der Waals surface area contributed by atoms with E-state index in [1.54, 1.807) is 29.7 Å². The van der Waals surface area contributed by atoms with Gasteiger partial charge in [0.15, 0.2) is 5.65 Å². The number of nitrogens with two attached hydrogens (primary N) is 1. The van der Waals surface area contributed by atoms with Gasteiger partial charge in [-0.2, -0.15) is 4.98 Å². The van der Waals surface area contributed by atoms with E-state index in [9.17, 15) is 14.0 Å². The summed E-state index contributed by atoms with van der Waals surface area (Å²) in [5.74, 6) is 0.225. The van der Waals surface area contributed by atoms with E-state index in [-0.39, 0.29) is 17.8 Å². The summed E-state index contributed by atoms with van der Waals surface area (Å²) in [6.45, 7) is 3.01. The second-order valence-electron chi connectivity index (χ2n) is 8.21. The number of nitrogens with zero attached hydrogens (tertiary/aromatic N) is 4. The molecule has 1 aliphatic carbocycles. The van der Waals surface area contributed by atoms with Crippen LogP contribution in [0.5, 0.6) is 0 Å². The largest absolute Gasteiger partial charge is 0.340 e. The second kappa shape index (κ2) is 7.02. The minimum absolute atomic E-state index is 0.0475. The van der Waals surface area contributed by atoms with E-state index in [2.05, 4.69) is 15.0 Å². The molecule has 1 saturated heterocycles. The summed E-state index contributed by atoms with van der Waals surface area (Å²) in [4.78, 5) is 38.3. The summed E-state index contributed by atoms with van der Waals surface area (Å²) in [7, 11) is 0. The summed E-state index contributed by atoms with van der Waals surface area (Å²) in [6.07, 6.45) is 2.56. The molecule has 2 aliphatic rings. The molecule has 0 bridgehead atoms. The molecule has 8 nitrogen and oxygen atoms in total. The van der Waals surface area contributed by atoms with Crippen LogP contribution in [-0.2, 0) is 0 Å². The lowest BCUT2D eigenvalue weighted by Gasteiger charge is -2.22. The molecular weight excluding hydrogens is 387 g/mol. The molecule has 2 atom stereocenters. The number of aromatic nitrogens is 4. The van der Waals surface area contributed by atoms with Gasteiger partial charge in [0.05, 0.1) is 5.69 Å². The number of hydrogen-bond donors (Lipinski definition) is 2. The Balaban J connectivity index is 1.50. The van der Waals surface area contributed by atoms with Gasteiger partial charge in [-0.15, -0.1) is 0 Å². The molecule has 1 aliphatic heterocycles.